The van der Waals surface area contributed by atoms with E-state index >= 15 is 0 Å². The standard InChI is InChI=1S/C21H34O2/c1-19(2,3)16-11-15(12-17(18(16)23)20(4,5)6)13-21(14-22)9-7-8-10-21/h11-12,22-23H,7-10,13-14H2,1-6H3. The Bertz CT molecular complexity index is 517. The zero-order chi connectivity index (χ0) is 17.5. The Morgan fingerprint density at radius 2 is 1.35 bits per heavy atom. The van der Waals surface area contributed by atoms with E-state index in [1.165, 1.54) is 18.4 Å². The molecule has 0 atom stereocenters. The van der Waals surface area contributed by atoms with E-state index in [4.69, 9.17) is 0 Å². The maximum atomic E-state index is 10.8. The number of aliphatic hydroxyl groups excluding tert-OH is 1. The van der Waals surface area contributed by atoms with Gasteiger partial charge >= 0.3 is 0 Å². The van der Waals surface area contributed by atoms with E-state index in [1.807, 2.05) is 0 Å². The lowest BCUT2D eigenvalue weighted by Gasteiger charge is -2.31. The highest BCUT2D eigenvalue weighted by molar-refractivity contribution is 5.50. The second-order valence-electron chi connectivity index (χ2n) is 9.58. The van der Waals surface area contributed by atoms with Crippen LogP contribution in [0.2, 0.25) is 0 Å². The fourth-order valence-electron chi connectivity index (χ4n) is 3.89. The minimum atomic E-state index is -0.0951. The summed E-state index contributed by atoms with van der Waals surface area (Å²) in [6.45, 7) is 13.2. The van der Waals surface area contributed by atoms with E-state index < -0.39 is 0 Å². The molecule has 1 aliphatic carbocycles. The summed E-state index contributed by atoms with van der Waals surface area (Å²) in [5.41, 5.74) is 3.15. The number of benzene rings is 1. The maximum absolute atomic E-state index is 10.8. The molecule has 0 spiro atoms. The lowest BCUT2D eigenvalue weighted by Crippen LogP contribution is -2.25. The molecule has 0 bridgehead atoms. The van der Waals surface area contributed by atoms with Gasteiger partial charge in [0.2, 0.25) is 0 Å². The first kappa shape index (κ1) is 18.3. The molecule has 2 nitrogen and oxygen atoms in total. The molecule has 1 fully saturated rings. The average molecular weight is 319 g/mol. The van der Waals surface area contributed by atoms with Gasteiger partial charge in [-0.25, -0.2) is 0 Å². The normalized spacial score (nSPS) is 18.4. The Hall–Kier alpha value is -1.02. The van der Waals surface area contributed by atoms with Crippen molar-refractivity contribution in [3.63, 3.8) is 0 Å². The van der Waals surface area contributed by atoms with Gasteiger partial charge in [0.1, 0.15) is 5.75 Å². The molecule has 23 heavy (non-hydrogen) atoms. The number of aliphatic hydroxyl groups is 1. The number of phenolic OH excluding ortho intramolecular Hbond substituents is 1. The van der Waals surface area contributed by atoms with Gasteiger partial charge in [-0.15, -0.1) is 0 Å². The first-order valence-corrected chi connectivity index (χ1v) is 8.96. The number of hydrogen-bond donors (Lipinski definition) is 2. The van der Waals surface area contributed by atoms with E-state index in [-0.39, 0.29) is 22.9 Å². The van der Waals surface area contributed by atoms with Crippen molar-refractivity contribution in [3.8, 4) is 5.75 Å². The molecule has 0 heterocycles. The highest BCUT2D eigenvalue weighted by Crippen LogP contribution is 2.44. The molecule has 2 heteroatoms. The first-order valence-electron chi connectivity index (χ1n) is 8.96. The molecule has 0 aliphatic heterocycles. The van der Waals surface area contributed by atoms with Crippen LogP contribution < -0.4 is 0 Å². The molecule has 0 unspecified atom stereocenters. The first-order chi connectivity index (χ1) is 10.5. The van der Waals surface area contributed by atoms with Crippen LogP contribution in [-0.2, 0) is 17.3 Å². The SMILES string of the molecule is CC(C)(C)c1cc(CC2(CO)CCCC2)cc(C(C)(C)C)c1O. The van der Waals surface area contributed by atoms with Crippen LogP contribution in [0.3, 0.4) is 0 Å². The summed E-state index contributed by atoms with van der Waals surface area (Å²) in [6, 6.07) is 4.33. The molecule has 1 aliphatic rings. The summed E-state index contributed by atoms with van der Waals surface area (Å²) in [5, 5.41) is 20.8. The van der Waals surface area contributed by atoms with Crippen LogP contribution in [0.15, 0.2) is 12.1 Å². The van der Waals surface area contributed by atoms with Gasteiger partial charge in [-0.2, -0.15) is 0 Å². The molecule has 2 rings (SSSR count). The third-order valence-corrected chi connectivity index (χ3v) is 5.36. The summed E-state index contributed by atoms with van der Waals surface area (Å²) < 4.78 is 0. The zero-order valence-electron chi connectivity index (χ0n) is 15.8. The minimum Gasteiger partial charge on any atom is -0.507 e. The van der Waals surface area contributed by atoms with Gasteiger partial charge in [0.25, 0.3) is 0 Å². The summed E-state index contributed by atoms with van der Waals surface area (Å²) >= 11 is 0. The molecule has 1 saturated carbocycles. The third-order valence-electron chi connectivity index (χ3n) is 5.36. The van der Waals surface area contributed by atoms with Crippen molar-refractivity contribution in [1.29, 1.82) is 0 Å². The number of phenols is 1. The van der Waals surface area contributed by atoms with Gasteiger partial charge in [-0.1, -0.05) is 66.5 Å². The van der Waals surface area contributed by atoms with Crippen molar-refractivity contribution in [2.45, 2.75) is 84.5 Å². The lowest BCUT2D eigenvalue weighted by molar-refractivity contribution is 0.130. The maximum Gasteiger partial charge on any atom is 0.123 e. The highest BCUT2D eigenvalue weighted by atomic mass is 16.3. The zero-order valence-corrected chi connectivity index (χ0v) is 15.8. The lowest BCUT2D eigenvalue weighted by atomic mass is 9.75. The van der Waals surface area contributed by atoms with E-state index in [1.54, 1.807) is 0 Å². The van der Waals surface area contributed by atoms with Crippen LogP contribution in [0, 0.1) is 5.41 Å². The Morgan fingerprint density at radius 1 is 0.913 bits per heavy atom. The van der Waals surface area contributed by atoms with E-state index in [0.29, 0.717) is 5.75 Å². The van der Waals surface area contributed by atoms with Crippen molar-refractivity contribution in [3.05, 3.63) is 28.8 Å². The molecule has 0 radical (unpaired) electrons. The van der Waals surface area contributed by atoms with Crippen molar-refractivity contribution in [1.82, 2.24) is 0 Å². The van der Waals surface area contributed by atoms with Crippen molar-refractivity contribution < 1.29 is 10.2 Å². The molecular weight excluding hydrogens is 284 g/mol. The van der Waals surface area contributed by atoms with Gasteiger partial charge in [0, 0.05) is 6.61 Å². The van der Waals surface area contributed by atoms with Crippen molar-refractivity contribution in [2.75, 3.05) is 6.61 Å². The predicted molar refractivity (Wildman–Crippen MR) is 97.2 cm³/mol. The van der Waals surface area contributed by atoms with Gasteiger partial charge < -0.3 is 10.2 Å². The monoisotopic (exact) mass is 318 g/mol. The molecule has 0 saturated heterocycles. The van der Waals surface area contributed by atoms with E-state index in [2.05, 4.69) is 53.7 Å². The molecule has 1 aromatic carbocycles. The fraction of sp³-hybridized carbons (Fsp3) is 0.714. The summed E-state index contributed by atoms with van der Waals surface area (Å²) in [6.07, 6.45) is 5.57. The molecule has 0 amide bonds. The molecule has 0 aromatic heterocycles. The minimum absolute atomic E-state index is 0.0429. The topological polar surface area (TPSA) is 40.5 Å². The summed E-state index contributed by atoms with van der Waals surface area (Å²) in [7, 11) is 0. The quantitative estimate of drug-likeness (QED) is 0.815. The highest BCUT2D eigenvalue weighted by Gasteiger charge is 2.34. The Balaban J connectivity index is 2.52. The number of rotatable bonds is 3. The van der Waals surface area contributed by atoms with Crippen molar-refractivity contribution in [2.24, 2.45) is 5.41 Å². The van der Waals surface area contributed by atoms with Gasteiger partial charge in [-0.05, 0) is 52.2 Å². The molecule has 1 aromatic rings. The Kier molecular flexibility index (Phi) is 4.88. The molecular formula is C21H34O2. The van der Waals surface area contributed by atoms with Crippen LogP contribution in [-0.4, -0.2) is 16.8 Å². The third kappa shape index (κ3) is 3.91. The van der Waals surface area contributed by atoms with Crippen molar-refractivity contribution >= 4 is 0 Å². The van der Waals surface area contributed by atoms with Gasteiger partial charge in [-0.3, -0.25) is 0 Å². The van der Waals surface area contributed by atoms with Crippen LogP contribution >= 0.6 is 0 Å². The van der Waals surface area contributed by atoms with Crippen LogP contribution in [0.25, 0.3) is 0 Å². The second kappa shape index (κ2) is 6.12. The predicted octanol–water partition coefficient (Wildman–Crippen LogP) is 5.08. The van der Waals surface area contributed by atoms with E-state index in [9.17, 15) is 10.2 Å². The summed E-state index contributed by atoms with van der Waals surface area (Å²) in [4.78, 5) is 0. The summed E-state index contributed by atoms with van der Waals surface area (Å²) in [5.74, 6) is 0.443. The van der Waals surface area contributed by atoms with Crippen LogP contribution in [0.4, 0.5) is 0 Å². The fourth-order valence-corrected chi connectivity index (χ4v) is 3.89. The average Bonchev–Trinajstić information content (AvgIpc) is 2.87. The van der Waals surface area contributed by atoms with Gasteiger partial charge in [0.15, 0.2) is 0 Å². The van der Waals surface area contributed by atoms with Crippen LogP contribution in [0.5, 0.6) is 5.75 Å². The second-order valence-corrected chi connectivity index (χ2v) is 9.58. The van der Waals surface area contributed by atoms with Crippen LogP contribution in [0.1, 0.15) is 83.9 Å². The molecule has 2 N–H and O–H groups in total. The van der Waals surface area contributed by atoms with Gasteiger partial charge in [0.05, 0.1) is 0 Å². The Labute approximate surface area is 141 Å². The largest absolute Gasteiger partial charge is 0.507 e. The Morgan fingerprint density at radius 3 is 1.70 bits per heavy atom. The number of aromatic hydroxyl groups is 1. The molecule has 130 valence electrons. The smallest absolute Gasteiger partial charge is 0.123 e. The number of hydrogen-bond acceptors (Lipinski definition) is 2. The van der Waals surface area contributed by atoms with E-state index in [0.717, 1.165) is 30.4 Å².